The Bertz CT molecular complexity index is 299. The molecule has 0 aliphatic carbocycles. The molecule has 0 radical (unpaired) electrons. The molecule has 66 valence electrons. The van der Waals surface area contributed by atoms with Gasteiger partial charge < -0.3 is 9.52 Å². The highest BCUT2D eigenvalue weighted by molar-refractivity contribution is 5.75. The zero-order valence-corrected chi connectivity index (χ0v) is 7.42. The van der Waals surface area contributed by atoms with Crippen molar-refractivity contribution in [1.82, 2.24) is 0 Å². The smallest absolute Gasteiger partial charge is 0.310 e. The maximum absolute atomic E-state index is 10.6. The van der Waals surface area contributed by atoms with E-state index in [4.69, 9.17) is 9.52 Å². The predicted octanol–water partition coefficient (Wildman–Crippen LogP) is 2.08. The Hall–Kier alpha value is -1.25. The molecule has 12 heavy (non-hydrogen) atoms. The van der Waals surface area contributed by atoms with Gasteiger partial charge in [0, 0.05) is 5.56 Å². The van der Waals surface area contributed by atoms with Crippen LogP contribution in [0.15, 0.2) is 10.5 Å². The molecule has 1 aromatic heterocycles. The Morgan fingerprint density at radius 2 is 2.17 bits per heavy atom. The summed E-state index contributed by atoms with van der Waals surface area (Å²) in [6.45, 7) is 5.24. The first-order valence-corrected chi connectivity index (χ1v) is 3.82. The number of hydrogen-bond acceptors (Lipinski definition) is 2. The molecular formula is C9H12O3. The highest BCUT2D eigenvalue weighted by Crippen LogP contribution is 2.22. The van der Waals surface area contributed by atoms with E-state index in [1.165, 1.54) is 0 Å². The van der Waals surface area contributed by atoms with Crippen LogP contribution >= 0.6 is 0 Å². The molecule has 1 atom stereocenters. The van der Waals surface area contributed by atoms with E-state index in [0.29, 0.717) is 5.76 Å². The van der Waals surface area contributed by atoms with Gasteiger partial charge in [-0.3, -0.25) is 4.79 Å². The average Bonchev–Trinajstić information content (AvgIpc) is 2.28. The summed E-state index contributed by atoms with van der Waals surface area (Å²) in [5.41, 5.74) is 0.764. The second-order valence-electron chi connectivity index (χ2n) is 2.93. The van der Waals surface area contributed by atoms with Crippen molar-refractivity contribution >= 4 is 5.97 Å². The number of carboxylic acids is 1. The zero-order chi connectivity index (χ0) is 9.30. The van der Waals surface area contributed by atoms with Crippen molar-refractivity contribution in [3.05, 3.63) is 23.2 Å². The summed E-state index contributed by atoms with van der Waals surface area (Å²) in [5.74, 6) is 0.152. The van der Waals surface area contributed by atoms with Gasteiger partial charge in [0.05, 0.1) is 5.92 Å². The standard InChI is InChI=1S/C9H12O3/c1-5-4-8(7(3)12-5)6(2)9(10)11/h4,6H,1-3H3,(H,10,11)/t6-/m0/s1. The van der Waals surface area contributed by atoms with Crippen molar-refractivity contribution in [3.8, 4) is 0 Å². The van der Waals surface area contributed by atoms with Crippen molar-refractivity contribution in [3.63, 3.8) is 0 Å². The number of furan rings is 1. The molecule has 3 nitrogen and oxygen atoms in total. The fourth-order valence-corrected chi connectivity index (χ4v) is 1.21. The van der Waals surface area contributed by atoms with Crippen LogP contribution in [0, 0.1) is 13.8 Å². The third-order valence-corrected chi connectivity index (χ3v) is 1.92. The Morgan fingerprint density at radius 3 is 2.50 bits per heavy atom. The molecule has 1 aromatic rings. The minimum Gasteiger partial charge on any atom is -0.481 e. The summed E-state index contributed by atoms with van der Waals surface area (Å²) in [5, 5.41) is 8.73. The molecule has 0 aromatic carbocycles. The van der Waals surface area contributed by atoms with Crippen LogP contribution in [0.3, 0.4) is 0 Å². The lowest BCUT2D eigenvalue weighted by Gasteiger charge is -2.02. The van der Waals surface area contributed by atoms with Gasteiger partial charge in [-0.1, -0.05) is 0 Å². The highest BCUT2D eigenvalue weighted by atomic mass is 16.4. The molecule has 0 amide bonds. The largest absolute Gasteiger partial charge is 0.481 e. The van der Waals surface area contributed by atoms with E-state index in [9.17, 15) is 4.79 Å². The zero-order valence-electron chi connectivity index (χ0n) is 7.42. The van der Waals surface area contributed by atoms with Gasteiger partial charge in [-0.2, -0.15) is 0 Å². The van der Waals surface area contributed by atoms with Crippen molar-refractivity contribution in [2.45, 2.75) is 26.7 Å². The summed E-state index contributed by atoms with van der Waals surface area (Å²) in [6, 6.07) is 1.77. The first-order chi connectivity index (χ1) is 5.52. The topological polar surface area (TPSA) is 50.4 Å². The van der Waals surface area contributed by atoms with Crippen LogP contribution in [0.5, 0.6) is 0 Å². The van der Waals surface area contributed by atoms with Gasteiger partial charge in [-0.15, -0.1) is 0 Å². The molecule has 0 saturated carbocycles. The molecule has 0 aliphatic heterocycles. The number of carbonyl (C=O) groups is 1. The van der Waals surface area contributed by atoms with Gasteiger partial charge in [0.15, 0.2) is 0 Å². The molecule has 3 heteroatoms. The first-order valence-electron chi connectivity index (χ1n) is 3.82. The van der Waals surface area contributed by atoms with E-state index < -0.39 is 11.9 Å². The summed E-state index contributed by atoms with van der Waals surface area (Å²) < 4.78 is 5.22. The molecule has 0 aliphatic rings. The van der Waals surface area contributed by atoms with Crippen LogP contribution in [0.25, 0.3) is 0 Å². The molecule has 1 rings (SSSR count). The van der Waals surface area contributed by atoms with Crippen molar-refractivity contribution in [1.29, 1.82) is 0 Å². The van der Waals surface area contributed by atoms with E-state index in [1.54, 1.807) is 19.9 Å². The number of rotatable bonds is 2. The van der Waals surface area contributed by atoms with Gasteiger partial charge in [-0.25, -0.2) is 0 Å². The van der Waals surface area contributed by atoms with Crippen LogP contribution in [-0.2, 0) is 4.79 Å². The van der Waals surface area contributed by atoms with E-state index in [1.807, 2.05) is 6.92 Å². The summed E-state index contributed by atoms with van der Waals surface area (Å²) in [4.78, 5) is 10.6. The second kappa shape index (κ2) is 3.01. The first kappa shape index (κ1) is 8.84. The Labute approximate surface area is 71.0 Å². The van der Waals surface area contributed by atoms with Crippen molar-refractivity contribution < 1.29 is 14.3 Å². The number of aryl methyl sites for hydroxylation is 2. The Morgan fingerprint density at radius 1 is 1.58 bits per heavy atom. The normalized spacial score (nSPS) is 12.9. The van der Waals surface area contributed by atoms with Crippen LogP contribution in [0.2, 0.25) is 0 Å². The van der Waals surface area contributed by atoms with Crippen LogP contribution in [-0.4, -0.2) is 11.1 Å². The number of aliphatic carboxylic acids is 1. The molecule has 0 fully saturated rings. The van der Waals surface area contributed by atoms with Gasteiger partial charge in [-0.05, 0) is 26.8 Å². The SMILES string of the molecule is Cc1cc([C@H](C)C(=O)O)c(C)o1. The molecule has 0 bridgehead atoms. The molecule has 0 spiro atoms. The van der Waals surface area contributed by atoms with Gasteiger partial charge in [0.2, 0.25) is 0 Å². The van der Waals surface area contributed by atoms with Crippen molar-refractivity contribution in [2.24, 2.45) is 0 Å². The van der Waals surface area contributed by atoms with Crippen LogP contribution in [0.4, 0.5) is 0 Å². The van der Waals surface area contributed by atoms with Crippen molar-refractivity contribution in [2.75, 3.05) is 0 Å². The minimum absolute atomic E-state index is 0.484. The molecule has 0 unspecified atom stereocenters. The minimum atomic E-state index is -0.820. The maximum atomic E-state index is 10.6. The number of carboxylic acid groups (broad SMARTS) is 1. The van der Waals surface area contributed by atoms with E-state index in [-0.39, 0.29) is 0 Å². The predicted molar refractivity (Wildman–Crippen MR) is 44.2 cm³/mol. The molecule has 1 N–H and O–H groups in total. The summed E-state index contributed by atoms with van der Waals surface area (Å²) >= 11 is 0. The summed E-state index contributed by atoms with van der Waals surface area (Å²) in [7, 11) is 0. The number of hydrogen-bond donors (Lipinski definition) is 1. The van der Waals surface area contributed by atoms with Gasteiger partial charge in [0.1, 0.15) is 11.5 Å². The third kappa shape index (κ3) is 1.49. The summed E-state index contributed by atoms with van der Waals surface area (Å²) in [6.07, 6.45) is 0. The maximum Gasteiger partial charge on any atom is 0.310 e. The Kier molecular flexibility index (Phi) is 2.22. The van der Waals surface area contributed by atoms with Gasteiger partial charge in [0.25, 0.3) is 0 Å². The quantitative estimate of drug-likeness (QED) is 0.735. The van der Waals surface area contributed by atoms with Crippen LogP contribution in [0.1, 0.15) is 29.9 Å². The average molecular weight is 168 g/mol. The lowest BCUT2D eigenvalue weighted by molar-refractivity contribution is -0.138. The molecule has 1 heterocycles. The van der Waals surface area contributed by atoms with Gasteiger partial charge >= 0.3 is 5.97 Å². The molecule has 0 saturated heterocycles. The lowest BCUT2D eigenvalue weighted by Crippen LogP contribution is -2.07. The highest BCUT2D eigenvalue weighted by Gasteiger charge is 2.18. The van der Waals surface area contributed by atoms with E-state index >= 15 is 0 Å². The van der Waals surface area contributed by atoms with E-state index in [0.717, 1.165) is 11.3 Å². The Balaban J connectivity index is 3.02. The van der Waals surface area contributed by atoms with E-state index in [2.05, 4.69) is 0 Å². The second-order valence-corrected chi connectivity index (χ2v) is 2.93. The fraction of sp³-hybridized carbons (Fsp3) is 0.444. The fourth-order valence-electron chi connectivity index (χ4n) is 1.21. The molecular weight excluding hydrogens is 156 g/mol. The third-order valence-electron chi connectivity index (χ3n) is 1.92. The van der Waals surface area contributed by atoms with Crippen LogP contribution < -0.4 is 0 Å². The monoisotopic (exact) mass is 168 g/mol. The lowest BCUT2D eigenvalue weighted by atomic mass is 10.0.